The highest BCUT2D eigenvalue weighted by Crippen LogP contribution is 2.37. The van der Waals surface area contributed by atoms with E-state index in [-0.39, 0.29) is 10.6 Å². The third kappa shape index (κ3) is 3.35. The maximum atomic E-state index is 14.4. The van der Waals surface area contributed by atoms with Crippen LogP contribution in [0, 0.1) is 5.82 Å². The van der Waals surface area contributed by atoms with E-state index in [1.54, 1.807) is 26.0 Å². The first-order valence-electron chi connectivity index (χ1n) is 6.10. The lowest BCUT2D eigenvalue weighted by atomic mass is 9.94. The van der Waals surface area contributed by atoms with Crippen molar-refractivity contribution in [1.82, 2.24) is 5.32 Å². The van der Waals surface area contributed by atoms with Gasteiger partial charge in [-0.25, -0.2) is 12.8 Å². The minimum atomic E-state index is -3.40. The summed E-state index contributed by atoms with van der Waals surface area (Å²) in [6, 6.07) is 2.47. The molecule has 114 valence electrons. The van der Waals surface area contributed by atoms with E-state index in [4.69, 9.17) is 11.6 Å². The van der Waals surface area contributed by atoms with Gasteiger partial charge in [-0.3, -0.25) is 0 Å². The standard InChI is InChI=1S/C13H18BrClFNO2S/c1-5-17-12(13(2,3)20(4,18)19)8-6-7-9(14)10(15)11(8)16/h6-7,12,17H,5H2,1-4H3. The Hall–Kier alpha value is -0.170. The summed E-state index contributed by atoms with van der Waals surface area (Å²) in [7, 11) is -3.40. The summed E-state index contributed by atoms with van der Waals surface area (Å²) in [5, 5.41) is 2.99. The molecule has 0 aliphatic rings. The first-order chi connectivity index (χ1) is 9.04. The van der Waals surface area contributed by atoms with Gasteiger partial charge in [-0.2, -0.15) is 0 Å². The monoisotopic (exact) mass is 385 g/mol. The van der Waals surface area contributed by atoms with Crippen molar-refractivity contribution in [2.24, 2.45) is 0 Å². The van der Waals surface area contributed by atoms with Crippen molar-refractivity contribution in [2.75, 3.05) is 12.8 Å². The van der Waals surface area contributed by atoms with Crippen molar-refractivity contribution in [1.29, 1.82) is 0 Å². The second-order valence-corrected chi connectivity index (χ2v) is 8.96. The van der Waals surface area contributed by atoms with Gasteiger partial charge in [-0.1, -0.05) is 24.6 Å². The Bertz CT molecular complexity index is 605. The molecular formula is C13H18BrClFNO2S. The highest BCUT2D eigenvalue weighted by atomic mass is 79.9. The predicted octanol–water partition coefficient (Wildman–Crippen LogP) is 3.72. The molecule has 0 bridgehead atoms. The normalized spacial score (nSPS) is 14.3. The van der Waals surface area contributed by atoms with E-state index < -0.39 is 26.4 Å². The molecule has 1 atom stereocenters. The number of hydrogen-bond donors (Lipinski definition) is 1. The van der Waals surface area contributed by atoms with Crippen molar-refractivity contribution in [3.8, 4) is 0 Å². The molecule has 0 amide bonds. The minimum absolute atomic E-state index is 0.0466. The summed E-state index contributed by atoms with van der Waals surface area (Å²) < 4.78 is 37.6. The minimum Gasteiger partial charge on any atom is -0.309 e. The van der Waals surface area contributed by atoms with Crippen LogP contribution in [-0.4, -0.2) is 26.0 Å². The lowest BCUT2D eigenvalue weighted by Gasteiger charge is -2.34. The number of nitrogens with one attached hydrogen (secondary N) is 1. The number of benzene rings is 1. The Morgan fingerprint density at radius 1 is 1.45 bits per heavy atom. The molecule has 1 aromatic rings. The lowest BCUT2D eigenvalue weighted by Crippen LogP contribution is -2.45. The van der Waals surface area contributed by atoms with Gasteiger partial charge < -0.3 is 5.32 Å². The first kappa shape index (κ1) is 17.9. The molecule has 0 saturated carbocycles. The molecule has 0 spiro atoms. The van der Waals surface area contributed by atoms with Gasteiger partial charge in [0.2, 0.25) is 0 Å². The summed E-state index contributed by atoms with van der Waals surface area (Å²) in [5.74, 6) is -0.608. The van der Waals surface area contributed by atoms with Crippen LogP contribution >= 0.6 is 27.5 Å². The zero-order chi connectivity index (χ0) is 15.7. The summed E-state index contributed by atoms with van der Waals surface area (Å²) in [4.78, 5) is 0. The number of hydrogen-bond acceptors (Lipinski definition) is 3. The van der Waals surface area contributed by atoms with E-state index >= 15 is 0 Å². The van der Waals surface area contributed by atoms with Gasteiger partial charge >= 0.3 is 0 Å². The maximum absolute atomic E-state index is 14.4. The highest BCUT2D eigenvalue weighted by Gasteiger charge is 2.41. The zero-order valence-electron chi connectivity index (χ0n) is 11.8. The van der Waals surface area contributed by atoms with Crippen molar-refractivity contribution in [2.45, 2.75) is 31.6 Å². The molecule has 0 aliphatic heterocycles. The molecule has 0 saturated heterocycles. The van der Waals surface area contributed by atoms with Gasteiger partial charge in [0.1, 0.15) is 5.82 Å². The Morgan fingerprint density at radius 3 is 2.45 bits per heavy atom. The smallest absolute Gasteiger partial charge is 0.154 e. The van der Waals surface area contributed by atoms with Gasteiger partial charge in [0, 0.05) is 16.3 Å². The molecule has 1 N–H and O–H groups in total. The fourth-order valence-corrected chi connectivity index (χ4v) is 3.03. The summed E-state index contributed by atoms with van der Waals surface area (Å²) in [5.41, 5.74) is 0.246. The molecule has 1 unspecified atom stereocenters. The molecule has 0 heterocycles. The molecule has 3 nitrogen and oxygen atoms in total. The van der Waals surface area contributed by atoms with Crippen LogP contribution in [0.2, 0.25) is 5.02 Å². The Kier molecular flexibility index (Phi) is 5.63. The third-order valence-corrected chi connectivity index (χ3v) is 6.84. The molecule has 7 heteroatoms. The van der Waals surface area contributed by atoms with Crippen molar-refractivity contribution in [3.63, 3.8) is 0 Å². The van der Waals surface area contributed by atoms with Crippen LogP contribution in [-0.2, 0) is 9.84 Å². The van der Waals surface area contributed by atoms with Gasteiger partial charge in [-0.05, 0) is 42.4 Å². The lowest BCUT2D eigenvalue weighted by molar-refractivity contribution is 0.414. The average Bonchev–Trinajstić information content (AvgIpc) is 2.33. The van der Waals surface area contributed by atoms with E-state index in [1.165, 1.54) is 0 Å². The Morgan fingerprint density at radius 2 is 2.00 bits per heavy atom. The van der Waals surface area contributed by atoms with Crippen molar-refractivity contribution in [3.05, 3.63) is 33.0 Å². The summed E-state index contributed by atoms with van der Waals surface area (Å²) in [6.45, 7) is 5.50. The quantitative estimate of drug-likeness (QED) is 0.785. The van der Waals surface area contributed by atoms with E-state index in [1.807, 2.05) is 6.92 Å². The van der Waals surface area contributed by atoms with Crippen LogP contribution < -0.4 is 5.32 Å². The first-order valence-corrected chi connectivity index (χ1v) is 9.16. The molecule has 0 aliphatic carbocycles. The predicted molar refractivity (Wildman–Crippen MR) is 84.5 cm³/mol. The van der Waals surface area contributed by atoms with Crippen LogP contribution in [0.15, 0.2) is 16.6 Å². The fourth-order valence-electron chi connectivity index (χ4n) is 1.91. The number of halogens is 3. The molecule has 20 heavy (non-hydrogen) atoms. The molecule has 0 radical (unpaired) electrons. The second kappa shape index (κ2) is 6.30. The topological polar surface area (TPSA) is 46.2 Å². The van der Waals surface area contributed by atoms with Crippen molar-refractivity contribution < 1.29 is 12.8 Å². The van der Waals surface area contributed by atoms with Crippen LogP contribution in [0.1, 0.15) is 32.4 Å². The van der Waals surface area contributed by atoms with E-state index in [2.05, 4.69) is 21.2 Å². The van der Waals surface area contributed by atoms with Crippen LogP contribution in [0.5, 0.6) is 0 Å². The SMILES string of the molecule is CCNC(c1ccc(Br)c(Cl)c1F)C(C)(C)S(C)(=O)=O. The van der Waals surface area contributed by atoms with Crippen LogP contribution in [0.3, 0.4) is 0 Å². The fraction of sp³-hybridized carbons (Fsp3) is 0.538. The Balaban J connectivity index is 3.47. The van der Waals surface area contributed by atoms with Crippen LogP contribution in [0.25, 0.3) is 0 Å². The molecule has 1 rings (SSSR count). The molecular weight excluding hydrogens is 369 g/mol. The number of rotatable bonds is 5. The third-order valence-electron chi connectivity index (χ3n) is 3.44. The summed E-state index contributed by atoms with van der Waals surface area (Å²) in [6.07, 6.45) is 1.15. The van der Waals surface area contributed by atoms with Gasteiger partial charge in [0.05, 0.1) is 15.8 Å². The largest absolute Gasteiger partial charge is 0.309 e. The van der Waals surface area contributed by atoms with E-state index in [0.717, 1.165) is 6.26 Å². The second-order valence-electron chi connectivity index (χ2n) is 5.13. The number of sulfone groups is 1. The summed E-state index contributed by atoms with van der Waals surface area (Å²) >= 11 is 9.04. The maximum Gasteiger partial charge on any atom is 0.154 e. The average molecular weight is 387 g/mol. The van der Waals surface area contributed by atoms with Crippen molar-refractivity contribution >= 4 is 37.4 Å². The van der Waals surface area contributed by atoms with E-state index in [0.29, 0.717) is 11.0 Å². The van der Waals surface area contributed by atoms with Gasteiger partial charge in [-0.15, -0.1) is 0 Å². The molecule has 0 aromatic heterocycles. The Labute approximate surface area is 132 Å². The highest BCUT2D eigenvalue weighted by molar-refractivity contribution is 9.10. The molecule has 1 aromatic carbocycles. The zero-order valence-corrected chi connectivity index (χ0v) is 15.0. The van der Waals surface area contributed by atoms with Crippen LogP contribution in [0.4, 0.5) is 4.39 Å². The molecule has 0 fully saturated rings. The van der Waals surface area contributed by atoms with E-state index in [9.17, 15) is 12.8 Å². The van der Waals surface area contributed by atoms with Gasteiger partial charge in [0.25, 0.3) is 0 Å². The van der Waals surface area contributed by atoms with Gasteiger partial charge in [0.15, 0.2) is 9.84 Å².